The maximum absolute atomic E-state index is 10.1. The Kier molecular flexibility index (Phi) is 4.57. The third-order valence-electron chi connectivity index (χ3n) is 4.74. The molecule has 3 aromatic rings. The van der Waals surface area contributed by atoms with Crippen molar-refractivity contribution in [2.45, 2.75) is 37.8 Å². The summed E-state index contributed by atoms with van der Waals surface area (Å²) in [6.07, 6.45) is 5.95. The number of hydrogen-bond donors (Lipinski definition) is 5. The molecule has 0 saturated heterocycles. The molecular formula is C18H21ClN6O. The van der Waals surface area contributed by atoms with Gasteiger partial charge in [0.05, 0.1) is 5.52 Å². The Morgan fingerprint density at radius 2 is 2.08 bits per heavy atom. The normalized spacial score (nSPS) is 20.2. The highest BCUT2D eigenvalue weighted by Crippen LogP contribution is 2.32. The summed E-state index contributed by atoms with van der Waals surface area (Å²) in [7, 11) is 0. The van der Waals surface area contributed by atoms with E-state index in [4.69, 9.17) is 17.3 Å². The first-order valence-electron chi connectivity index (χ1n) is 8.73. The highest BCUT2D eigenvalue weighted by molar-refractivity contribution is 6.30. The van der Waals surface area contributed by atoms with Crippen LogP contribution in [-0.2, 0) is 0 Å². The van der Waals surface area contributed by atoms with Gasteiger partial charge in [-0.05, 0) is 31.0 Å². The smallest absolute Gasteiger partial charge is 0.225 e. The molecule has 0 bridgehead atoms. The van der Waals surface area contributed by atoms with E-state index in [1.165, 1.54) is 0 Å². The van der Waals surface area contributed by atoms with Crippen molar-refractivity contribution in [2.75, 3.05) is 10.6 Å². The van der Waals surface area contributed by atoms with Crippen LogP contribution in [-0.4, -0.2) is 32.1 Å². The van der Waals surface area contributed by atoms with Gasteiger partial charge in [0.2, 0.25) is 11.8 Å². The summed E-state index contributed by atoms with van der Waals surface area (Å²) in [4.78, 5) is 11.9. The van der Waals surface area contributed by atoms with Crippen LogP contribution in [0.1, 0.15) is 25.7 Å². The van der Waals surface area contributed by atoms with Gasteiger partial charge < -0.3 is 26.5 Å². The van der Waals surface area contributed by atoms with Crippen molar-refractivity contribution in [3.63, 3.8) is 0 Å². The fourth-order valence-electron chi connectivity index (χ4n) is 3.39. The lowest BCUT2D eigenvalue weighted by Gasteiger charge is -2.29. The number of nitrogens with two attached hydrogens (primary N) is 1. The van der Waals surface area contributed by atoms with Crippen molar-refractivity contribution in [3.8, 4) is 5.88 Å². The third kappa shape index (κ3) is 3.40. The summed E-state index contributed by atoms with van der Waals surface area (Å²) in [6.45, 7) is 0. The van der Waals surface area contributed by atoms with Crippen LogP contribution in [0.5, 0.6) is 5.88 Å². The number of rotatable bonds is 4. The molecular weight excluding hydrogens is 352 g/mol. The molecule has 7 nitrogen and oxygen atoms in total. The van der Waals surface area contributed by atoms with E-state index in [0.717, 1.165) is 31.4 Å². The molecule has 1 aromatic carbocycles. The van der Waals surface area contributed by atoms with Crippen LogP contribution in [0.15, 0.2) is 30.5 Å². The van der Waals surface area contributed by atoms with Gasteiger partial charge in [-0.3, -0.25) is 0 Å². The zero-order valence-electron chi connectivity index (χ0n) is 14.2. The number of aromatic hydroxyl groups is 1. The van der Waals surface area contributed by atoms with Crippen LogP contribution in [0.4, 0.5) is 17.5 Å². The van der Waals surface area contributed by atoms with Gasteiger partial charge in [0.15, 0.2) is 0 Å². The first-order valence-corrected chi connectivity index (χ1v) is 9.11. The molecule has 4 rings (SSSR count). The molecule has 0 spiro atoms. The van der Waals surface area contributed by atoms with Crippen molar-refractivity contribution in [1.82, 2.24) is 15.0 Å². The summed E-state index contributed by atoms with van der Waals surface area (Å²) in [6, 6.07) is 7.56. The largest absolute Gasteiger partial charge is 0.494 e. The second-order valence-corrected chi connectivity index (χ2v) is 7.06. The number of hydrogen-bond acceptors (Lipinski definition) is 6. The average molecular weight is 373 g/mol. The maximum atomic E-state index is 10.1. The van der Waals surface area contributed by atoms with Crippen molar-refractivity contribution in [2.24, 2.45) is 5.73 Å². The molecule has 2 heterocycles. The van der Waals surface area contributed by atoms with Gasteiger partial charge in [0, 0.05) is 29.0 Å². The van der Waals surface area contributed by atoms with E-state index in [0.29, 0.717) is 27.7 Å². The minimum Gasteiger partial charge on any atom is -0.494 e. The zero-order chi connectivity index (χ0) is 18.1. The van der Waals surface area contributed by atoms with E-state index < -0.39 is 0 Å². The third-order valence-corrected chi connectivity index (χ3v) is 4.98. The van der Waals surface area contributed by atoms with E-state index in [1.807, 2.05) is 12.1 Å². The fourth-order valence-corrected chi connectivity index (χ4v) is 3.58. The first-order chi connectivity index (χ1) is 12.6. The topological polar surface area (TPSA) is 112 Å². The van der Waals surface area contributed by atoms with Crippen molar-refractivity contribution in [1.29, 1.82) is 0 Å². The maximum Gasteiger partial charge on any atom is 0.225 e. The number of H-pyrrole nitrogens is 1. The SMILES string of the molecule is N[C@H]1CCCC[C@H]1Nc1nc(Nc2cccc(Cl)c2)c2c(O)[nH]cc2n1. The number of aromatic amines is 1. The van der Waals surface area contributed by atoms with Crippen LogP contribution in [0.3, 0.4) is 0 Å². The van der Waals surface area contributed by atoms with E-state index in [9.17, 15) is 5.11 Å². The molecule has 136 valence electrons. The van der Waals surface area contributed by atoms with Crippen LogP contribution in [0.2, 0.25) is 5.02 Å². The van der Waals surface area contributed by atoms with Gasteiger partial charge in [0.1, 0.15) is 11.2 Å². The highest BCUT2D eigenvalue weighted by Gasteiger charge is 2.23. The van der Waals surface area contributed by atoms with Crippen LogP contribution in [0.25, 0.3) is 10.9 Å². The van der Waals surface area contributed by atoms with E-state index >= 15 is 0 Å². The lowest BCUT2D eigenvalue weighted by Crippen LogP contribution is -2.42. The molecule has 8 heteroatoms. The Balaban J connectivity index is 1.69. The molecule has 2 atom stereocenters. The number of aromatic nitrogens is 3. The monoisotopic (exact) mass is 372 g/mol. The second kappa shape index (κ2) is 7.01. The Bertz CT molecular complexity index is 927. The molecule has 1 fully saturated rings. The standard InChI is InChI=1S/C18H21ClN6O/c19-10-4-3-5-11(8-10)22-16-15-14(9-21-17(15)26)24-18(25-16)23-13-7-2-1-6-12(13)20/h3-5,8-9,12-13,21,26H,1-2,6-7,20H2,(H2,22,23,24,25)/t12-,13+/m0/s1. The lowest BCUT2D eigenvalue weighted by molar-refractivity contribution is 0.402. The first kappa shape index (κ1) is 16.9. The van der Waals surface area contributed by atoms with Crippen LogP contribution in [0, 0.1) is 0 Å². The summed E-state index contributed by atoms with van der Waals surface area (Å²) in [5, 5.41) is 17.9. The molecule has 0 radical (unpaired) electrons. The molecule has 0 unspecified atom stereocenters. The number of anilines is 3. The minimum absolute atomic E-state index is 0.0189. The summed E-state index contributed by atoms with van der Waals surface area (Å²) < 4.78 is 0. The molecule has 2 aromatic heterocycles. The molecule has 1 saturated carbocycles. The number of nitrogens with one attached hydrogen (secondary N) is 3. The second-order valence-electron chi connectivity index (χ2n) is 6.63. The fraction of sp³-hybridized carbons (Fsp3) is 0.333. The summed E-state index contributed by atoms with van der Waals surface area (Å²) in [5.74, 6) is 1.01. The number of nitrogens with zero attached hydrogens (tertiary/aromatic N) is 2. The van der Waals surface area contributed by atoms with Crippen LogP contribution < -0.4 is 16.4 Å². The van der Waals surface area contributed by atoms with Gasteiger partial charge in [-0.1, -0.05) is 30.5 Å². The molecule has 0 amide bonds. The number of fused-ring (bicyclic) bond motifs is 1. The zero-order valence-corrected chi connectivity index (χ0v) is 14.9. The summed E-state index contributed by atoms with van der Waals surface area (Å²) in [5.41, 5.74) is 7.62. The Morgan fingerprint density at radius 3 is 2.88 bits per heavy atom. The van der Waals surface area contributed by atoms with Gasteiger partial charge in [-0.25, -0.2) is 4.98 Å². The highest BCUT2D eigenvalue weighted by atomic mass is 35.5. The van der Waals surface area contributed by atoms with E-state index in [2.05, 4.69) is 25.6 Å². The molecule has 1 aliphatic rings. The van der Waals surface area contributed by atoms with Crippen LogP contribution >= 0.6 is 11.6 Å². The van der Waals surface area contributed by atoms with Crippen molar-refractivity contribution < 1.29 is 5.11 Å². The number of benzene rings is 1. The Labute approximate surface area is 156 Å². The van der Waals surface area contributed by atoms with Gasteiger partial charge in [-0.15, -0.1) is 0 Å². The van der Waals surface area contributed by atoms with E-state index in [1.54, 1.807) is 18.3 Å². The number of halogens is 1. The van der Waals surface area contributed by atoms with E-state index in [-0.39, 0.29) is 18.0 Å². The predicted molar refractivity (Wildman–Crippen MR) is 104 cm³/mol. The summed E-state index contributed by atoms with van der Waals surface area (Å²) >= 11 is 6.06. The Hall–Kier alpha value is -2.51. The molecule has 1 aliphatic carbocycles. The molecule has 0 aliphatic heterocycles. The lowest BCUT2D eigenvalue weighted by atomic mass is 9.91. The molecule has 26 heavy (non-hydrogen) atoms. The predicted octanol–water partition coefficient (Wildman–Crippen LogP) is 3.74. The Morgan fingerprint density at radius 1 is 1.23 bits per heavy atom. The molecule has 6 N–H and O–H groups in total. The van der Waals surface area contributed by atoms with Gasteiger partial charge >= 0.3 is 0 Å². The average Bonchev–Trinajstić information content (AvgIpc) is 2.98. The minimum atomic E-state index is 0.0189. The van der Waals surface area contributed by atoms with Gasteiger partial charge in [-0.2, -0.15) is 4.98 Å². The quantitative estimate of drug-likeness (QED) is 0.477. The van der Waals surface area contributed by atoms with Gasteiger partial charge in [0.25, 0.3) is 0 Å². The van der Waals surface area contributed by atoms with Crippen molar-refractivity contribution >= 4 is 40.0 Å². The van der Waals surface area contributed by atoms with Crippen molar-refractivity contribution in [3.05, 3.63) is 35.5 Å².